The minimum absolute atomic E-state index is 0.0270. The summed E-state index contributed by atoms with van der Waals surface area (Å²) < 4.78 is 38.5. The summed E-state index contributed by atoms with van der Waals surface area (Å²) in [5, 5.41) is 15.9. The van der Waals surface area contributed by atoms with Crippen molar-refractivity contribution in [2.75, 3.05) is 5.32 Å². The van der Waals surface area contributed by atoms with E-state index in [2.05, 4.69) is 36.7 Å². The molecule has 0 fully saturated rings. The van der Waals surface area contributed by atoms with Gasteiger partial charge in [-0.15, -0.1) is 21.5 Å². The summed E-state index contributed by atoms with van der Waals surface area (Å²) in [7, 11) is 0. The Morgan fingerprint density at radius 1 is 1.32 bits per heavy atom. The number of aromatic nitrogens is 4. The van der Waals surface area contributed by atoms with Crippen molar-refractivity contribution >= 4 is 38.9 Å². The van der Waals surface area contributed by atoms with Gasteiger partial charge in [-0.2, -0.15) is 18.0 Å². The number of amides is 1. The first-order chi connectivity index (χ1) is 11.8. The molecule has 1 aromatic carbocycles. The number of hydrogen-bond donors (Lipinski definition) is 1. The first-order valence-electron chi connectivity index (χ1n) is 6.81. The first-order valence-corrected chi connectivity index (χ1v) is 8.48. The monoisotopic (exact) mass is 431 g/mol. The van der Waals surface area contributed by atoms with Gasteiger partial charge in [-0.05, 0) is 34.9 Å². The highest BCUT2D eigenvalue weighted by Crippen LogP contribution is 2.36. The quantitative estimate of drug-likeness (QED) is 0.681. The summed E-state index contributed by atoms with van der Waals surface area (Å²) >= 11 is 4.27. The summed E-state index contributed by atoms with van der Waals surface area (Å²) in [6.45, 7) is -0.268. The van der Waals surface area contributed by atoms with Crippen LogP contribution in [0, 0.1) is 0 Å². The van der Waals surface area contributed by atoms with Gasteiger partial charge in [-0.3, -0.25) is 4.79 Å². The SMILES string of the molecule is O=C(Cn1nnc(-c2cccs2)n1)Nc1ccc(Br)c(C(F)(F)F)c1. The van der Waals surface area contributed by atoms with E-state index in [9.17, 15) is 18.0 Å². The topological polar surface area (TPSA) is 72.7 Å². The molecule has 25 heavy (non-hydrogen) atoms. The lowest BCUT2D eigenvalue weighted by Gasteiger charge is -2.11. The lowest BCUT2D eigenvalue weighted by molar-refractivity contribution is -0.138. The first kappa shape index (κ1) is 17.5. The van der Waals surface area contributed by atoms with E-state index in [0.29, 0.717) is 5.82 Å². The number of hydrogen-bond acceptors (Lipinski definition) is 5. The molecule has 2 aromatic heterocycles. The number of tetrazole rings is 1. The molecule has 2 heterocycles. The molecule has 0 bridgehead atoms. The van der Waals surface area contributed by atoms with Crippen LogP contribution in [0.3, 0.4) is 0 Å². The minimum Gasteiger partial charge on any atom is -0.324 e. The van der Waals surface area contributed by atoms with Crippen molar-refractivity contribution in [1.29, 1.82) is 0 Å². The largest absolute Gasteiger partial charge is 0.417 e. The van der Waals surface area contributed by atoms with Crippen LogP contribution in [-0.4, -0.2) is 26.1 Å². The van der Waals surface area contributed by atoms with Crippen molar-refractivity contribution < 1.29 is 18.0 Å². The fraction of sp³-hybridized carbons (Fsp3) is 0.143. The second-order valence-corrected chi connectivity index (χ2v) is 6.66. The zero-order valence-electron chi connectivity index (χ0n) is 12.3. The third kappa shape index (κ3) is 4.23. The van der Waals surface area contributed by atoms with Gasteiger partial charge in [0.1, 0.15) is 6.54 Å². The van der Waals surface area contributed by atoms with Gasteiger partial charge in [-0.25, -0.2) is 0 Å². The Morgan fingerprint density at radius 2 is 2.12 bits per heavy atom. The van der Waals surface area contributed by atoms with Crippen LogP contribution in [0.1, 0.15) is 5.56 Å². The lowest BCUT2D eigenvalue weighted by atomic mass is 10.2. The van der Waals surface area contributed by atoms with Crippen LogP contribution >= 0.6 is 27.3 Å². The fourth-order valence-corrected chi connectivity index (χ4v) is 3.08. The molecule has 0 aliphatic carbocycles. The molecule has 0 radical (unpaired) electrons. The maximum absolute atomic E-state index is 12.9. The van der Waals surface area contributed by atoms with E-state index >= 15 is 0 Å². The highest BCUT2D eigenvalue weighted by Gasteiger charge is 2.33. The van der Waals surface area contributed by atoms with Crippen LogP contribution in [0.15, 0.2) is 40.2 Å². The number of nitrogens with one attached hydrogen (secondary N) is 1. The molecular formula is C14H9BrF3N5OS. The molecular weight excluding hydrogens is 423 g/mol. The van der Waals surface area contributed by atoms with Crippen molar-refractivity contribution in [2.45, 2.75) is 12.7 Å². The van der Waals surface area contributed by atoms with Crippen molar-refractivity contribution in [1.82, 2.24) is 20.2 Å². The number of rotatable bonds is 4. The predicted molar refractivity (Wildman–Crippen MR) is 88.9 cm³/mol. The summed E-state index contributed by atoms with van der Waals surface area (Å²) in [4.78, 5) is 13.9. The van der Waals surface area contributed by atoms with Crippen LogP contribution < -0.4 is 5.32 Å². The van der Waals surface area contributed by atoms with Crippen LogP contribution in [0.2, 0.25) is 0 Å². The number of carbonyl (C=O) groups is 1. The van der Waals surface area contributed by atoms with E-state index in [1.54, 1.807) is 0 Å². The highest BCUT2D eigenvalue weighted by atomic mass is 79.9. The molecule has 11 heteroatoms. The Morgan fingerprint density at radius 3 is 2.80 bits per heavy atom. The lowest BCUT2D eigenvalue weighted by Crippen LogP contribution is -2.21. The van der Waals surface area contributed by atoms with E-state index in [1.165, 1.54) is 23.5 Å². The van der Waals surface area contributed by atoms with Gasteiger partial charge in [0, 0.05) is 10.2 Å². The van der Waals surface area contributed by atoms with Crippen LogP contribution in [0.5, 0.6) is 0 Å². The number of alkyl halides is 3. The highest BCUT2D eigenvalue weighted by molar-refractivity contribution is 9.10. The van der Waals surface area contributed by atoms with Gasteiger partial charge in [0.05, 0.1) is 10.4 Å². The van der Waals surface area contributed by atoms with E-state index in [1.807, 2.05) is 17.5 Å². The third-order valence-corrected chi connectivity index (χ3v) is 4.59. The zero-order valence-corrected chi connectivity index (χ0v) is 14.7. The van der Waals surface area contributed by atoms with E-state index in [-0.39, 0.29) is 16.7 Å². The predicted octanol–water partition coefficient (Wildman–Crippen LogP) is 3.82. The van der Waals surface area contributed by atoms with Gasteiger partial charge in [-0.1, -0.05) is 22.0 Å². The van der Waals surface area contributed by atoms with E-state index in [0.717, 1.165) is 15.7 Å². The number of carbonyl (C=O) groups excluding carboxylic acids is 1. The summed E-state index contributed by atoms with van der Waals surface area (Å²) in [5.41, 5.74) is -0.844. The Balaban J connectivity index is 1.69. The van der Waals surface area contributed by atoms with Crippen molar-refractivity contribution in [2.24, 2.45) is 0 Å². The van der Waals surface area contributed by atoms with Crippen LogP contribution in [0.25, 0.3) is 10.7 Å². The average molecular weight is 432 g/mol. The number of benzene rings is 1. The molecule has 0 unspecified atom stereocenters. The average Bonchev–Trinajstić information content (AvgIpc) is 3.19. The molecule has 0 aliphatic rings. The normalized spacial score (nSPS) is 11.5. The second kappa shape index (κ2) is 6.92. The fourth-order valence-electron chi connectivity index (χ4n) is 1.96. The van der Waals surface area contributed by atoms with Crippen molar-refractivity contribution in [3.8, 4) is 10.7 Å². The summed E-state index contributed by atoms with van der Waals surface area (Å²) in [6, 6.07) is 7.09. The summed E-state index contributed by atoms with van der Waals surface area (Å²) in [6.07, 6.45) is -4.53. The summed E-state index contributed by atoms with van der Waals surface area (Å²) in [5.74, 6) is -0.184. The van der Waals surface area contributed by atoms with Gasteiger partial charge < -0.3 is 5.32 Å². The van der Waals surface area contributed by atoms with Crippen LogP contribution in [0.4, 0.5) is 18.9 Å². The molecule has 6 nitrogen and oxygen atoms in total. The van der Waals surface area contributed by atoms with Crippen molar-refractivity contribution in [3.63, 3.8) is 0 Å². The second-order valence-electron chi connectivity index (χ2n) is 4.86. The molecule has 1 amide bonds. The number of halogens is 4. The molecule has 0 saturated carbocycles. The maximum Gasteiger partial charge on any atom is 0.417 e. The molecule has 0 saturated heterocycles. The number of thiophene rings is 1. The Bertz CT molecular complexity index is 894. The standard InChI is InChI=1S/C14H9BrF3N5OS/c15-10-4-3-8(6-9(10)14(16,17)18)19-12(24)7-23-21-13(20-22-23)11-2-1-5-25-11/h1-6H,7H2,(H,19,24). The minimum atomic E-state index is -4.53. The molecule has 0 atom stereocenters. The van der Waals surface area contributed by atoms with Crippen molar-refractivity contribution in [3.05, 3.63) is 45.7 Å². The van der Waals surface area contributed by atoms with Gasteiger partial charge in [0.2, 0.25) is 11.7 Å². The maximum atomic E-state index is 12.9. The van der Waals surface area contributed by atoms with Gasteiger partial charge in [0.15, 0.2) is 0 Å². The van der Waals surface area contributed by atoms with Gasteiger partial charge >= 0.3 is 6.18 Å². The zero-order chi connectivity index (χ0) is 18.0. The number of nitrogens with zero attached hydrogens (tertiary/aromatic N) is 4. The molecule has 3 rings (SSSR count). The van der Waals surface area contributed by atoms with E-state index < -0.39 is 17.6 Å². The molecule has 0 aliphatic heterocycles. The third-order valence-electron chi connectivity index (χ3n) is 3.03. The Labute approximate surface area is 151 Å². The van der Waals surface area contributed by atoms with Crippen LogP contribution in [-0.2, 0) is 17.5 Å². The van der Waals surface area contributed by atoms with E-state index in [4.69, 9.17) is 0 Å². The molecule has 1 N–H and O–H groups in total. The molecule has 3 aromatic rings. The number of anilines is 1. The Kier molecular flexibility index (Phi) is 4.86. The molecule has 130 valence electrons. The Hall–Kier alpha value is -2.27. The van der Waals surface area contributed by atoms with Gasteiger partial charge in [0.25, 0.3) is 0 Å². The smallest absolute Gasteiger partial charge is 0.324 e. The molecule has 0 spiro atoms.